The molecular weight excluding hydrogens is 317 g/mol. The third-order valence-electron chi connectivity index (χ3n) is 2.51. The third kappa shape index (κ3) is 3.90. The summed E-state index contributed by atoms with van der Waals surface area (Å²) in [6, 6.07) is 9.08. The summed E-state index contributed by atoms with van der Waals surface area (Å²) in [7, 11) is 0. The molecule has 0 saturated carbocycles. The van der Waals surface area contributed by atoms with Crippen molar-refractivity contribution in [2.75, 3.05) is 11.4 Å². The van der Waals surface area contributed by atoms with Gasteiger partial charge in [-0.05, 0) is 30.3 Å². The topological polar surface area (TPSA) is 83.4 Å². The van der Waals surface area contributed by atoms with Crippen molar-refractivity contribution < 1.29 is 14.7 Å². The van der Waals surface area contributed by atoms with E-state index in [0.29, 0.717) is 10.7 Å². The first-order valence-corrected chi connectivity index (χ1v) is 6.51. The molecule has 6 nitrogen and oxygen atoms in total. The van der Waals surface area contributed by atoms with Crippen LogP contribution in [-0.4, -0.2) is 33.7 Å². The number of carboxylic acids is 1. The first-order chi connectivity index (χ1) is 9.97. The number of benzene rings is 1. The first kappa shape index (κ1) is 15.2. The largest absolute Gasteiger partial charge is 0.480 e. The number of hydrogen-bond acceptors (Lipinski definition) is 4. The highest BCUT2D eigenvalue weighted by Crippen LogP contribution is 2.21. The zero-order valence-corrected chi connectivity index (χ0v) is 12.0. The van der Waals surface area contributed by atoms with Crippen LogP contribution in [0.5, 0.6) is 0 Å². The smallest absolute Gasteiger partial charge is 0.323 e. The molecule has 2 aromatic rings. The van der Waals surface area contributed by atoms with Crippen molar-refractivity contribution in [3.63, 3.8) is 0 Å². The predicted octanol–water partition coefficient (Wildman–Crippen LogP) is 2.51. The minimum atomic E-state index is -1.16. The molecule has 1 amide bonds. The molecule has 0 radical (unpaired) electrons. The van der Waals surface area contributed by atoms with E-state index in [1.807, 2.05) is 0 Å². The average molecular weight is 326 g/mol. The second-order valence-corrected chi connectivity index (χ2v) is 4.83. The molecule has 1 aromatic heterocycles. The lowest BCUT2D eigenvalue weighted by atomic mass is 10.2. The highest BCUT2D eigenvalue weighted by atomic mass is 35.5. The van der Waals surface area contributed by atoms with Crippen LogP contribution < -0.4 is 4.90 Å². The highest BCUT2D eigenvalue weighted by molar-refractivity contribution is 6.31. The quantitative estimate of drug-likeness (QED) is 0.933. The Morgan fingerprint density at radius 2 is 1.90 bits per heavy atom. The van der Waals surface area contributed by atoms with E-state index >= 15 is 0 Å². The summed E-state index contributed by atoms with van der Waals surface area (Å²) in [5.41, 5.74) is 0.340. The van der Waals surface area contributed by atoms with Gasteiger partial charge >= 0.3 is 5.97 Å². The van der Waals surface area contributed by atoms with Crippen LogP contribution in [0.3, 0.4) is 0 Å². The van der Waals surface area contributed by atoms with Crippen molar-refractivity contribution in [1.29, 1.82) is 0 Å². The van der Waals surface area contributed by atoms with Gasteiger partial charge in [0, 0.05) is 10.7 Å². The monoisotopic (exact) mass is 325 g/mol. The summed E-state index contributed by atoms with van der Waals surface area (Å²) < 4.78 is 0. The molecule has 21 heavy (non-hydrogen) atoms. The number of anilines is 1. The van der Waals surface area contributed by atoms with E-state index < -0.39 is 18.4 Å². The van der Waals surface area contributed by atoms with Crippen molar-refractivity contribution in [2.45, 2.75) is 0 Å². The lowest BCUT2D eigenvalue weighted by Gasteiger charge is -2.20. The summed E-state index contributed by atoms with van der Waals surface area (Å²) in [5.74, 6) is -1.77. The van der Waals surface area contributed by atoms with Gasteiger partial charge in [0.2, 0.25) is 0 Å². The fourth-order valence-electron chi connectivity index (χ4n) is 1.63. The van der Waals surface area contributed by atoms with Gasteiger partial charge in [0.15, 0.2) is 10.8 Å². The second kappa shape index (κ2) is 6.51. The number of rotatable bonds is 4. The van der Waals surface area contributed by atoms with E-state index in [-0.39, 0.29) is 10.8 Å². The van der Waals surface area contributed by atoms with E-state index in [4.69, 9.17) is 28.3 Å². The summed E-state index contributed by atoms with van der Waals surface area (Å²) in [6.45, 7) is -0.524. The maximum atomic E-state index is 12.4. The number of carbonyl (C=O) groups is 2. The van der Waals surface area contributed by atoms with Gasteiger partial charge in [0.25, 0.3) is 5.91 Å². The molecule has 8 heteroatoms. The number of carbonyl (C=O) groups excluding carboxylic acids is 1. The molecule has 0 saturated heterocycles. The molecule has 0 atom stereocenters. The molecule has 108 valence electrons. The van der Waals surface area contributed by atoms with Crippen molar-refractivity contribution in [2.24, 2.45) is 0 Å². The lowest BCUT2D eigenvalue weighted by Crippen LogP contribution is -2.36. The number of halogens is 2. The average Bonchev–Trinajstić information content (AvgIpc) is 2.44. The van der Waals surface area contributed by atoms with Crippen LogP contribution in [0.2, 0.25) is 10.2 Å². The molecule has 1 heterocycles. The van der Waals surface area contributed by atoms with Crippen molar-refractivity contribution in [3.8, 4) is 0 Å². The SMILES string of the molecule is O=C(O)CN(C(=O)c1ccc(Cl)nn1)c1cccc(Cl)c1. The zero-order valence-electron chi connectivity index (χ0n) is 10.5. The summed E-state index contributed by atoms with van der Waals surface area (Å²) in [4.78, 5) is 24.4. The van der Waals surface area contributed by atoms with Crippen molar-refractivity contribution in [3.05, 3.63) is 52.3 Å². The molecule has 0 fully saturated rings. The normalized spacial score (nSPS) is 10.2. The number of nitrogens with zero attached hydrogens (tertiary/aromatic N) is 3. The lowest BCUT2D eigenvalue weighted by molar-refractivity contribution is -0.135. The maximum absolute atomic E-state index is 12.4. The van der Waals surface area contributed by atoms with Crippen LogP contribution in [0, 0.1) is 0 Å². The molecule has 0 bridgehead atoms. The van der Waals surface area contributed by atoms with Crippen LogP contribution in [0.15, 0.2) is 36.4 Å². The van der Waals surface area contributed by atoms with Gasteiger partial charge in [0.1, 0.15) is 6.54 Å². The van der Waals surface area contributed by atoms with Crippen LogP contribution in [0.1, 0.15) is 10.5 Å². The Labute approximate surface area is 129 Å². The molecule has 0 aliphatic carbocycles. The van der Waals surface area contributed by atoms with Crippen molar-refractivity contribution >= 4 is 40.8 Å². The predicted molar refractivity (Wildman–Crippen MR) is 77.8 cm³/mol. The molecule has 0 unspecified atom stereocenters. The maximum Gasteiger partial charge on any atom is 0.323 e. The Morgan fingerprint density at radius 3 is 2.48 bits per heavy atom. The van der Waals surface area contributed by atoms with E-state index in [1.165, 1.54) is 18.2 Å². The Bertz CT molecular complexity index is 677. The third-order valence-corrected chi connectivity index (χ3v) is 2.95. The van der Waals surface area contributed by atoms with Gasteiger partial charge in [-0.3, -0.25) is 14.5 Å². The van der Waals surface area contributed by atoms with Gasteiger partial charge in [-0.15, -0.1) is 10.2 Å². The summed E-state index contributed by atoms with van der Waals surface area (Å²) in [6.07, 6.45) is 0. The molecule has 0 spiro atoms. The minimum absolute atomic E-state index is 0.0133. The molecule has 2 rings (SSSR count). The van der Waals surface area contributed by atoms with Gasteiger partial charge < -0.3 is 5.11 Å². The fourth-order valence-corrected chi connectivity index (χ4v) is 1.91. The van der Waals surface area contributed by atoms with Gasteiger partial charge in [-0.1, -0.05) is 29.3 Å². The van der Waals surface area contributed by atoms with Crippen LogP contribution >= 0.6 is 23.2 Å². The first-order valence-electron chi connectivity index (χ1n) is 5.76. The minimum Gasteiger partial charge on any atom is -0.480 e. The number of aliphatic carboxylic acids is 1. The molecule has 0 aliphatic heterocycles. The van der Waals surface area contributed by atoms with Gasteiger partial charge in [-0.25, -0.2) is 0 Å². The summed E-state index contributed by atoms with van der Waals surface area (Å²) >= 11 is 11.5. The van der Waals surface area contributed by atoms with Crippen LogP contribution in [-0.2, 0) is 4.79 Å². The Hall–Kier alpha value is -2.18. The summed E-state index contributed by atoms with van der Waals surface area (Å²) in [5, 5.41) is 16.7. The Kier molecular flexibility index (Phi) is 4.72. The highest BCUT2D eigenvalue weighted by Gasteiger charge is 2.22. The van der Waals surface area contributed by atoms with Crippen molar-refractivity contribution in [1.82, 2.24) is 10.2 Å². The van der Waals surface area contributed by atoms with E-state index in [2.05, 4.69) is 10.2 Å². The standard InChI is InChI=1S/C13H9Cl2N3O3/c14-8-2-1-3-9(6-8)18(7-12(19)20)13(21)10-4-5-11(15)17-16-10/h1-6H,7H2,(H,19,20). The molecular formula is C13H9Cl2N3O3. The molecule has 1 N–H and O–H groups in total. The van der Waals surface area contributed by atoms with Crippen LogP contribution in [0.25, 0.3) is 0 Å². The number of amides is 1. The Morgan fingerprint density at radius 1 is 1.14 bits per heavy atom. The Balaban J connectivity index is 2.38. The van der Waals surface area contributed by atoms with Gasteiger partial charge in [0.05, 0.1) is 0 Å². The van der Waals surface area contributed by atoms with Gasteiger partial charge in [-0.2, -0.15) is 0 Å². The fraction of sp³-hybridized carbons (Fsp3) is 0.0769. The zero-order chi connectivity index (χ0) is 15.4. The van der Waals surface area contributed by atoms with E-state index in [1.54, 1.807) is 18.2 Å². The molecule has 1 aromatic carbocycles. The second-order valence-electron chi connectivity index (χ2n) is 4.01. The number of carboxylic acid groups (broad SMARTS) is 1. The number of hydrogen-bond donors (Lipinski definition) is 1. The number of aromatic nitrogens is 2. The van der Waals surface area contributed by atoms with E-state index in [9.17, 15) is 9.59 Å². The van der Waals surface area contributed by atoms with E-state index in [0.717, 1.165) is 4.90 Å². The van der Waals surface area contributed by atoms with Crippen LogP contribution in [0.4, 0.5) is 5.69 Å². The molecule has 0 aliphatic rings.